The molecule has 1 fully saturated rings. The molecule has 2 rings (SSSR count). The van der Waals surface area contributed by atoms with E-state index in [1.807, 2.05) is 30.5 Å². The van der Waals surface area contributed by atoms with E-state index in [1.54, 1.807) is 23.9 Å². The Hall–Kier alpha value is -1.92. The van der Waals surface area contributed by atoms with E-state index in [0.717, 1.165) is 10.5 Å². The predicted molar refractivity (Wildman–Crippen MR) is 88.9 cm³/mol. The molecule has 0 spiro atoms. The summed E-state index contributed by atoms with van der Waals surface area (Å²) < 4.78 is 0. The smallest absolute Gasteiger partial charge is 0.265 e. The Labute approximate surface area is 132 Å². The zero-order valence-corrected chi connectivity index (χ0v) is 13.1. The topological polar surface area (TPSA) is 49.4 Å². The van der Waals surface area contributed by atoms with E-state index in [4.69, 9.17) is 12.2 Å². The van der Waals surface area contributed by atoms with E-state index in [0.29, 0.717) is 0 Å². The Balaban J connectivity index is 2.32. The summed E-state index contributed by atoms with van der Waals surface area (Å²) in [5.74, 6) is -0.878. The van der Waals surface area contributed by atoms with Crippen molar-refractivity contribution in [1.82, 2.24) is 10.2 Å². The summed E-state index contributed by atoms with van der Waals surface area (Å²) in [7, 11) is 0. The van der Waals surface area contributed by atoms with Crippen LogP contribution in [0.3, 0.4) is 0 Å². The van der Waals surface area contributed by atoms with Crippen molar-refractivity contribution in [3.63, 3.8) is 0 Å². The van der Waals surface area contributed by atoms with E-state index in [-0.39, 0.29) is 17.2 Å². The van der Waals surface area contributed by atoms with E-state index < -0.39 is 11.8 Å². The van der Waals surface area contributed by atoms with E-state index in [9.17, 15) is 9.59 Å². The summed E-state index contributed by atoms with van der Waals surface area (Å²) in [5, 5.41) is 2.63. The third-order valence-corrected chi connectivity index (χ3v) is 3.99. The quantitative estimate of drug-likeness (QED) is 0.304. The van der Waals surface area contributed by atoms with Crippen LogP contribution in [-0.4, -0.2) is 34.6 Å². The summed E-state index contributed by atoms with van der Waals surface area (Å²) in [6.07, 6.45) is 5.12. The van der Waals surface area contributed by atoms with Crippen molar-refractivity contribution in [2.24, 2.45) is 0 Å². The van der Waals surface area contributed by atoms with Crippen LogP contribution in [0.15, 0.2) is 47.4 Å². The van der Waals surface area contributed by atoms with Crippen molar-refractivity contribution in [2.75, 3.05) is 12.8 Å². The van der Waals surface area contributed by atoms with E-state index >= 15 is 0 Å². The number of amides is 2. The van der Waals surface area contributed by atoms with Gasteiger partial charge in [0, 0.05) is 11.4 Å². The van der Waals surface area contributed by atoms with Gasteiger partial charge in [-0.25, -0.2) is 0 Å². The maximum absolute atomic E-state index is 12.3. The zero-order chi connectivity index (χ0) is 15.4. The fourth-order valence-electron chi connectivity index (χ4n) is 1.86. The van der Waals surface area contributed by atoms with Crippen LogP contribution in [0.1, 0.15) is 5.56 Å². The molecule has 1 aromatic rings. The first-order chi connectivity index (χ1) is 10.1. The fourth-order valence-corrected chi connectivity index (χ4v) is 2.51. The Morgan fingerprint density at radius 3 is 2.57 bits per heavy atom. The van der Waals surface area contributed by atoms with Crippen LogP contribution < -0.4 is 5.32 Å². The summed E-state index contributed by atoms with van der Waals surface area (Å²) in [6.45, 7) is 3.85. The molecule has 0 aromatic heterocycles. The molecule has 0 atom stereocenters. The molecule has 4 nitrogen and oxygen atoms in total. The summed E-state index contributed by atoms with van der Waals surface area (Å²) in [5.41, 5.74) is 0.861. The van der Waals surface area contributed by atoms with E-state index in [1.165, 1.54) is 4.90 Å². The minimum atomic E-state index is -0.473. The summed E-state index contributed by atoms with van der Waals surface area (Å²) in [6, 6.07) is 7.61. The van der Waals surface area contributed by atoms with Crippen molar-refractivity contribution in [3.8, 4) is 0 Å². The summed E-state index contributed by atoms with van der Waals surface area (Å²) >= 11 is 6.62. The lowest BCUT2D eigenvalue weighted by atomic mass is 10.1. The Kier molecular flexibility index (Phi) is 4.93. The highest BCUT2D eigenvalue weighted by Gasteiger charge is 2.32. The maximum atomic E-state index is 12.3. The van der Waals surface area contributed by atoms with Crippen LogP contribution in [-0.2, 0) is 9.59 Å². The number of rotatable bonds is 4. The lowest BCUT2D eigenvalue weighted by molar-refractivity contribution is -0.128. The second-order valence-electron chi connectivity index (χ2n) is 4.29. The molecule has 1 heterocycles. The van der Waals surface area contributed by atoms with Gasteiger partial charge in [0.25, 0.3) is 11.8 Å². The van der Waals surface area contributed by atoms with Gasteiger partial charge in [0.05, 0.1) is 0 Å². The minimum Gasteiger partial charge on any atom is -0.298 e. The second kappa shape index (κ2) is 6.69. The molecular weight excluding hydrogens is 304 g/mol. The van der Waals surface area contributed by atoms with Gasteiger partial charge in [0.15, 0.2) is 5.11 Å². The van der Waals surface area contributed by atoms with Crippen molar-refractivity contribution < 1.29 is 9.59 Å². The van der Waals surface area contributed by atoms with Gasteiger partial charge in [-0.1, -0.05) is 18.2 Å². The molecule has 1 saturated heterocycles. The van der Waals surface area contributed by atoms with E-state index in [2.05, 4.69) is 11.9 Å². The average Bonchev–Trinajstić information content (AvgIpc) is 2.48. The molecule has 0 unspecified atom stereocenters. The first kappa shape index (κ1) is 15.5. The van der Waals surface area contributed by atoms with Crippen molar-refractivity contribution in [3.05, 3.63) is 48.1 Å². The maximum Gasteiger partial charge on any atom is 0.265 e. The van der Waals surface area contributed by atoms with Gasteiger partial charge in [0.1, 0.15) is 5.57 Å². The van der Waals surface area contributed by atoms with Crippen LogP contribution in [0.4, 0.5) is 0 Å². The third-order valence-electron chi connectivity index (χ3n) is 2.92. The van der Waals surface area contributed by atoms with Crippen LogP contribution in [0.5, 0.6) is 0 Å². The molecule has 0 bridgehead atoms. The Morgan fingerprint density at radius 2 is 2.00 bits per heavy atom. The monoisotopic (exact) mass is 318 g/mol. The molecule has 2 amide bonds. The van der Waals surface area contributed by atoms with Crippen LogP contribution in [0.2, 0.25) is 0 Å². The van der Waals surface area contributed by atoms with Crippen LogP contribution in [0.25, 0.3) is 6.08 Å². The number of hydrogen-bond donors (Lipinski definition) is 1. The second-order valence-corrected chi connectivity index (χ2v) is 5.56. The van der Waals surface area contributed by atoms with Crippen molar-refractivity contribution in [2.45, 2.75) is 4.90 Å². The molecule has 1 N–H and O–H groups in total. The normalized spacial score (nSPS) is 17.1. The number of carbonyl (C=O) groups is 2. The Morgan fingerprint density at radius 1 is 1.33 bits per heavy atom. The zero-order valence-electron chi connectivity index (χ0n) is 11.5. The molecule has 0 aliphatic carbocycles. The SMILES string of the molecule is C=CCN1C(=O)C(=Cc2ccc(SC)cc2)C(=O)NC1=S. The number of thiocarbonyl (C=S) groups is 1. The summed E-state index contributed by atoms with van der Waals surface area (Å²) in [4.78, 5) is 26.7. The number of thioether (sulfide) groups is 1. The number of hydrogen-bond acceptors (Lipinski definition) is 4. The molecule has 0 radical (unpaired) electrons. The van der Waals surface area contributed by atoms with Gasteiger partial charge < -0.3 is 0 Å². The van der Waals surface area contributed by atoms with Gasteiger partial charge in [-0.3, -0.25) is 19.8 Å². The molecule has 1 aromatic carbocycles. The Bertz CT molecular complexity index is 636. The number of nitrogens with zero attached hydrogens (tertiary/aromatic N) is 1. The van der Waals surface area contributed by atoms with Gasteiger partial charge in [-0.05, 0) is 42.2 Å². The third kappa shape index (κ3) is 3.40. The predicted octanol–water partition coefficient (Wildman–Crippen LogP) is 2.22. The van der Waals surface area contributed by atoms with Gasteiger partial charge in [0.2, 0.25) is 0 Å². The first-order valence-corrected chi connectivity index (χ1v) is 7.84. The van der Waals surface area contributed by atoms with Gasteiger partial charge in [-0.2, -0.15) is 0 Å². The van der Waals surface area contributed by atoms with Crippen LogP contribution >= 0.6 is 24.0 Å². The number of benzene rings is 1. The number of nitrogens with one attached hydrogen (secondary N) is 1. The molecule has 1 aliphatic rings. The number of carbonyl (C=O) groups excluding carboxylic acids is 2. The first-order valence-electron chi connectivity index (χ1n) is 6.20. The average molecular weight is 318 g/mol. The standard InChI is InChI=1S/C15H14N2O2S2/c1-3-8-17-14(19)12(13(18)16-15(17)20)9-10-4-6-11(21-2)7-5-10/h3-7,9H,1,8H2,2H3,(H,16,18,20). The molecule has 6 heteroatoms. The lowest BCUT2D eigenvalue weighted by Crippen LogP contribution is -2.53. The van der Waals surface area contributed by atoms with Crippen molar-refractivity contribution >= 4 is 47.0 Å². The molecule has 1 aliphatic heterocycles. The molecule has 108 valence electrons. The highest BCUT2D eigenvalue weighted by atomic mass is 32.2. The van der Waals surface area contributed by atoms with Crippen LogP contribution in [0, 0.1) is 0 Å². The highest BCUT2D eigenvalue weighted by molar-refractivity contribution is 7.98. The minimum absolute atomic E-state index is 0.0716. The van der Waals surface area contributed by atoms with Crippen molar-refractivity contribution in [1.29, 1.82) is 0 Å². The molecular formula is C15H14N2O2S2. The largest absolute Gasteiger partial charge is 0.298 e. The molecule has 0 saturated carbocycles. The van der Waals surface area contributed by atoms with Gasteiger partial charge in [-0.15, -0.1) is 18.3 Å². The highest BCUT2D eigenvalue weighted by Crippen LogP contribution is 2.18. The lowest BCUT2D eigenvalue weighted by Gasteiger charge is -2.27. The molecule has 21 heavy (non-hydrogen) atoms. The van der Waals surface area contributed by atoms with Gasteiger partial charge >= 0.3 is 0 Å². The fraction of sp³-hybridized carbons (Fsp3) is 0.133.